The third-order valence-electron chi connectivity index (χ3n) is 2.73. The Bertz CT molecular complexity index is 346. The van der Waals surface area contributed by atoms with Crippen LogP contribution in [0.1, 0.15) is 0 Å². The molecule has 0 saturated carbocycles. The second-order valence-electron chi connectivity index (χ2n) is 4.70. The van der Waals surface area contributed by atoms with Gasteiger partial charge in [-0.2, -0.15) is 0 Å². The van der Waals surface area contributed by atoms with E-state index >= 15 is 0 Å². The van der Waals surface area contributed by atoms with Gasteiger partial charge in [-0.1, -0.05) is 18.2 Å². The maximum atomic E-state index is 13.4. The van der Waals surface area contributed by atoms with Crippen LogP contribution in [0.4, 0.5) is 26.3 Å². The lowest BCUT2D eigenvalue weighted by Crippen LogP contribution is -2.24. The molecule has 0 N–H and O–H groups in total. The molecule has 10 heteroatoms. The van der Waals surface area contributed by atoms with Crippen LogP contribution >= 0.6 is 8.60 Å². The summed E-state index contributed by atoms with van der Waals surface area (Å²) in [4.78, 5) is 0. The molecule has 0 aromatic heterocycles. The zero-order valence-corrected chi connectivity index (χ0v) is 14.3. The van der Waals surface area contributed by atoms with Gasteiger partial charge in [0.1, 0.15) is 0 Å². The first kappa shape index (κ1) is 24.1. The minimum Gasteiger partial charge on any atom is -0.309 e. The molecule has 3 nitrogen and oxygen atoms in total. The number of hydrogen-bond donors (Lipinski definition) is 0. The van der Waals surface area contributed by atoms with Crippen LogP contribution in [0.15, 0.2) is 38.0 Å². The molecule has 0 bridgehead atoms. The summed E-state index contributed by atoms with van der Waals surface area (Å²) in [6.45, 7) is 6.57. The molecule has 146 valence electrons. The fraction of sp³-hybridized carbons (Fsp3) is 0.600. The number of hydrogen-bond acceptors (Lipinski definition) is 3. The van der Waals surface area contributed by atoms with Crippen LogP contribution < -0.4 is 0 Å². The Labute approximate surface area is 144 Å². The summed E-state index contributed by atoms with van der Waals surface area (Å²) in [6, 6.07) is 0. The van der Waals surface area contributed by atoms with Crippen molar-refractivity contribution in [3.05, 3.63) is 38.0 Å². The van der Waals surface area contributed by atoms with Crippen molar-refractivity contribution in [2.24, 2.45) is 0 Å². The first-order valence-corrected chi connectivity index (χ1v) is 8.27. The molecule has 0 heterocycles. The fourth-order valence-corrected chi connectivity index (χ4v) is 2.24. The lowest BCUT2D eigenvalue weighted by atomic mass is 10.2. The molecular formula is C15H21F6O3P. The molecule has 0 rings (SSSR count). The maximum absolute atomic E-state index is 13.4. The van der Waals surface area contributed by atoms with Crippen molar-refractivity contribution in [3.63, 3.8) is 0 Å². The van der Waals surface area contributed by atoms with Gasteiger partial charge in [-0.25, -0.2) is 26.3 Å². The third-order valence-corrected chi connectivity index (χ3v) is 3.81. The Morgan fingerprint density at radius 2 is 0.840 bits per heavy atom. The van der Waals surface area contributed by atoms with Crippen molar-refractivity contribution in [1.82, 2.24) is 0 Å². The molecule has 0 aliphatic heterocycles. The van der Waals surface area contributed by atoms with Gasteiger partial charge in [-0.3, -0.25) is 0 Å². The molecule has 0 aromatic rings. The zero-order valence-electron chi connectivity index (χ0n) is 13.4. The van der Waals surface area contributed by atoms with Crippen LogP contribution in [-0.4, -0.2) is 56.9 Å². The maximum Gasteiger partial charge on any atom is 0.332 e. The van der Waals surface area contributed by atoms with Gasteiger partial charge in [0, 0.05) is 0 Å². The van der Waals surface area contributed by atoms with E-state index in [0.29, 0.717) is 18.2 Å². The molecule has 0 aliphatic carbocycles. The van der Waals surface area contributed by atoms with E-state index in [2.05, 4.69) is 19.7 Å². The van der Waals surface area contributed by atoms with Crippen molar-refractivity contribution in [2.75, 3.05) is 19.8 Å². The van der Waals surface area contributed by atoms with Crippen molar-refractivity contribution >= 4 is 8.60 Å². The predicted molar refractivity (Wildman–Crippen MR) is 84.7 cm³/mol. The summed E-state index contributed by atoms with van der Waals surface area (Å²) in [6.07, 6.45) is -10.4. The third kappa shape index (κ3) is 9.99. The number of allylic oxidation sites excluding steroid dienone is 3. The molecule has 6 atom stereocenters. The largest absolute Gasteiger partial charge is 0.332 e. The summed E-state index contributed by atoms with van der Waals surface area (Å²) in [5.41, 5.74) is 0. The topological polar surface area (TPSA) is 27.7 Å². The highest BCUT2D eigenvalue weighted by molar-refractivity contribution is 7.41. The van der Waals surface area contributed by atoms with E-state index in [4.69, 9.17) is 13.6 Å². The van der Waals surface area contributed by atoms with E-state index < -0.39 is 65.5 Å². The SMILES string of the molecule is C=CC(F)C(F)COP(OCC(F)C(F)C=C)OCC(F)C(F)C=C. The highest BCUT2D eigenvalue weighted by Gasteiger charge is 2.27. The molecular weight excluding hydrogens is 373 g/mol. The molecule has 0 radical (unpaired) electrons. The van der Waals surface area contributed by atoms with Gasteiger partial charge in [-0.05, 0) is 0 Å². The summed E-state index contributed by atoms with van der Waals surface area (Å²) in [5, 5.41) is 0. The minimum absolute atomic E-state index is 0.697. The normalized spacial score (nSPS) is 19.9. The van der Waals surface area contributed by atoms with Gasteiger partial charge in [0.25, 0.3) is 0 Å². The Balaban J connectivity index is 4.60. The van der Waals surface area contributed by atoms with Gasteiger partial charge in [0.15, 0.2) is 37.0 Å². The van der Waals surface area contributed by atoms with Crippen LogP contribution in [0.2, 0.25) is 0 Å². The Hall–Kier alpha value is -0.890. The molecule has 25 heavy (non-hydrogen) atoms. The van der Waals surface area contributed by atoms with Crippen LogP contribution in [0, 0.1) is 0 Å². The van der Waals surface area contributed by atoms with Crippen LogP contribution in [-0.2, 0) is 13.6 Å². The van der Waals surface area contributed by atoms with E-state index in [1.165, 1.54) is 0 Å². The van der Waals surface area contributed by atoms with Crippen molar-refractivity contribution in [2.45, 2.75) is 37.0 Å². The number of rotatable bonds is 15. The van der Waals surface area contributed by atoms with E-state index in [0.717, 1.165) is 0 Å². The number of halogens is 6. The average molecular weight is 394 g/mol. The van der Waals surface area contributed by atoms with Gasteiger partial charge in [-0.15, -0.1) is 19.7 Å². The predicted octanol–water partition coefficient (Wildman–Crippen LogP) is 4.85. The first-order chi connectivity index (χ1) is 11.8. The highest BCUT2D eigenvalue weighted by atomic mass is 31.2. The standard InChI is InChI=1S/C15H21F6O3P/c1-4-10(16)13(19)7-22-25(23-8-14(20)11(17)5-2)24-9-15(21)12(18)6-3/h4-6,10-15H,1-3,7-9H2. The molecule has 0 spiro atoms. The van der Waals surface area contributed by atoms with E-state index in [1.807, 2.05) is 0 Å². The molecule has 6 unspecified atom stereocenters. The lowest BCUT2D eigenvalue weighted by Gasteiger charge is -2.21. The quantitative estimate of drug-likeness (QED) is 0.226. The molecule has 0 aromatic carbocycles. The Morgan fingerprint density at radius 1 is 0.600 bits per heavy atom. The smallest absolute Gasteiger partial charge is 0.309 e. The van der Waals surface area contributed by atoms with Crippen molar-refractivity contribution in [3.8, 4) is 0 Å². The second-order valence-corrected chi connectivity index (χ2v) is 5.92. The van der Waals surface area contributed by atoms with Gasteiger partial charge in [0.2, 0.25) is 0 Å². The van der Waals surface area contributed by atoms with Crippen LogP contribution in [0.25, 0.3) is 0 Å². The first-order valence-electron chi connectivity index (χ1n) is 7.17. The molecule has 0 fully saturated rings. The summed E-state index contributed by atoms with van der Waals surface area (Å²) in [5.74, 6) is 0. The number of alkyl halides is 6. The van der Waals surface area contributed by atoms with Crippen LogP contribution in [0.5, 0.6) is 0 Å². The Morgan fingerprint density at radius 3 is 1.04 bits per heavy atom. The lowest BCUT2D eigenvalue weighted by molar-refractivity contribution is 0.0611. The minimum atomic E-state index is -2.57. The average Bonchev–Trinajstić information content (AvgIpc) is 2.63. The van der Waals surface area contributed by atoms with Crippen LogP contribution in [0.3, 0.4) is 0 Å². The van der Waals surface area contributed by atoms with Gasteiger partial charge in [0.05, 0.1) is 19.8 Å². The summed E-state index contributed by atoms with van der Waals surface area (Å²) >= 11 is 0. The van der Waals surface area contributed by atoms with E-state index in [9.17, 15) is 26.3 Å². The second kappa shape index (κ2) is 13.3. The fourth-order valence-electron chi connectivity index (χ4n) is 1.23. The van der Waals surface area contributed by atoms with E-state index in [1.54, 1.807) is 0 Å². The summed E-state index contributed by atoms with van der Waals surface area (Å²) in [7, 11) is -2.57. The molecule has 0 aliphatic rings. The molecule has 0 saturated heterocycles. The monoisotopic (exact) mass is 394 g/mol. The van der Waals surface area contributed by atoms with Crippen molar-refractivity contribution in [1.29, 1.82) is 0 Å². The Kier molecular flexibility index (Phi) is 12.9. The van der Waals surface area contributed by atoms with Crippen molar-refractivity contribution < 1.29 is 39.9 Å². The zero-order chi connectivity index (χ0) is 19.4. The van der Waals surface area contributed by atoms with Gasteiger partial charge < -0.3 is 13.6 Å². The van der Waals surface area contributed by atoms with E-state index in [-0.39, 0.29) is 0 Å². The highest BCUT2D eigenvalue weighted by Crippen LogP contribution is 2.41. The summed E-state index contributed by atoms with van der Waals surface area (Å²) < 4.78 is 93.5. The molecule has 0 amide bonds. The van der Waals surface area contributed by atoms with Gasteiger partial charge >= 0.3 is 8.60 Å².